The number of hydrogen-bond donors (Lipinski definition) is 2. The van der Waals surface area contributed by atoms with Crippen LogP contribution >= 0.6 is 0 Å². The number of aliphatic hydroxyl groups excluding tert-OH is 1. The molecule has 0 aromatic rings. The zero-order valence-corrected chi connectivity index (χ0v) is 9.14. The van der Waals surface area contributed by atoms with Crippen molar-refractivity contribution in [3.8, 4) is 0 Å². The molecule has 13 heavy (non-hydrogen) atoms. The fraction of sp³-hybridized carbons (Fsp3) is 1.00. The second-order valence-electron chi connectivity index (χ2n) is 4.75. The number of rotatable bonds is 4. The molecule has 1 rings (SSSR count). The minimum atomic E-state index is 0.0366. The molecule has 2 heteroatoms. The Kier molecular flexibility index (Phi) is 3.74. The van der Waals surface area contributed by atoms with Crippen LogP contribution in [0.1, 0.15) is 46.5 Å². The van der Waals surface area contributed by atoms with Crippen LogP contribution in [0.5, 0.6) is 0 Å². The van der Waals surface area contributed by atoms with E-state index in [1.54, 1.807) is 0 Å². The van der Waals surface area contributed by atoms with Crippen LogP contribution in [-0.4, -0.2) is 23.3 Å². The Morgan fingerprint density at radius 2 is 2.23 bits per heavy atom. The van der Waals surface area contributed by atoms with Gasteiger partial charge in [-0.2, -0.15) is 0 Å². The van der Waals surface area contributed by atoms with E-state index in [1.165, 1.54) is 12.8 Å². The first kappa shape index (κ1) is 11.0. The minimum Gasteiger partial charge on any atom is -0.394 e. The number of nitrogens with one attached hydrogen (secondary N) is 1. The maximum Gasteiger partial charge on any atom is 0.0613 e. The summed E-state index contributed by atoms with van der Waals surface area (Å²) in [6, 6.07) is 0.475. The summed E-state index contributed by atoms with van der Waals surface area (Å²) in [6.07, 6.45) is 4.82. The Hall–Kier alpha value is -0.0800. The maximum atomic E-state index is 9.42. The molecule has 1 fully saturated rings. The van der Waals surface area contributed by atoms with Gasteiger partial charge in [0.2, 0.25) is 0 Å². The molecule has 1 saturated carbocycles. The minimum absolute atomic E-state index is 0.0366. The van der Waals surface area contributed by atoms with E-state index in [4.69, 9.17) is 0 Å². The van der Waals surface area contributed by atoms with Gasteiger partial charge in [0, 0.05) is 11.6 Å². The largest absolute Gasteiger partial charge is 0.394 e. The summed E-state index contributed by atoms with van der Waals surface area (Å²) >= 11 is 0. The van der Waals surface area contributed by atoms with Crippen molar-refractivity contribution < 1.29 is 5.11 Å². The standard InChI is InChI=1S/C11H23NO/c1-4-10-5-6-11(7-10,8-13)12-9(2)3/h9-10,12-13H,4-8H2,1-3H3. The van der Waals surface area contributed by atoms with Crippen molar-refractivity contribution in [1.29, 1.82) is 0 Å². The third-order valence-corrected chi connectivity index (χ3v) is 3.19. The van der Waals surface area contributed by atoms with Gasteiger partial charge in [-0.15, -0.1) is 0 Å². The summed E-state index contributed by atoms with van der Waals surface area (Å²) in [4.78, 5) is 0. The molecule has 0 amide bonds. The van der Waals surface area contributed by atoms with Crippen molar-refractivity contribution in [2.75, 3.05) is 6.61 Å². The van der Waals surface area contributed by atoms with Crippen LogP contribution in [0, 0.1) is 5.92 Å². The van der Waals surface area contributed by atoms with E-state index in [-0.39, 0.29) is 5.54 Å². The quantitative estimate of drug-likeness (QED) is 0.701. The molecule has 0 aliphatic heterocycles. The number of aliphatic hydroxyl groups is 1. The van der Waals surface area contributed by atoms with Gasteiger partial charge < -0.3 is 10.4 Å². The fourth-order valence-corrected chi connectivity index (χ4v) is 2.52. The summed E-state index contributed by atoms with van der Waals surface area (Å²) in [5.41, 5.74) is 0.0366. The second kappa shape index (κ2) is 4.43. The third kappa shape index (κ3) is 2.68. The molecule has 2 N–H and O–H groups in total. The first-order valence-corrected chi connectivity index (χ1v) is 5.50. The van der Waals surface area contributed by atoms with Gasteiger partial charge in [0.25, 0.3) is 0 Å². The van der Waals surface area contributed by atoms with Crippen LogP contribution in [0.25, 0.3) is 0 Å². The topological polar surface area (TPSA) is 32.3 Å². The summed E-state index contributed by atoms with van der Waals surface area (Å²) in [6.45, 7) is 6.84. The number of hydrogen-bond acceptors (Lipinski definition) is 2. The normalized spacial score (nSPS) is 34.4. The molecule has 78 valence electrons. The average Bonchev–Trinajstić information content (AvgIpc) is 2.48. The Labute approximate surface area is 81.7 Å². The molecule has 0 spiro atoms. The predicted octanol–water partition coefficient (Wildman–Crippen LogP) is 1.93. The first-order valence-electron chi connectivity index (χ1n) is 5.50. The zero-order chi connectivity index (χ0) is 9.90. The SMILES string of the molecule is CCC1CCC(CO)(NC(C)C)C1. The highest BCUT2D eigenvalue weighted by atomic mass is 16.3. The van der Waals surface area contributed by atoms with Gasteiger partial charge in [-0.1, -0.05) is 27.2 Å². The van der Waals surface area contributed by atoms with E-state index in [9.17, 15) is 5.11 Å². The monoisotopic (exact) mass is 185 g/mol. The molecule has 0 bridgehead atoms. The van der Waals surface area contributed by atoms with Crippen molar-refractivity contribution in [1.82, 2.24) is 5.32 Å². The molecule has 2 nitrogen and oxygen atoms in total. The van der Waals surface area contributed by atoms with Gasteiger partial charge in [0.15, 0.2) is 0 Å². The molecular formula is C11H23NO. The summed E-state index contributed by atoms with van der Waals surface area (Å²) in [5.74, 6) is 0.818. The summed E-state index contributed by atoms with van der Waals surface area (Å²) < 4.78 is 0. The van der Waals surface area contributed by atoms with Crippen molar-refractivity contribution in [3.05, 3.63) is 0 Å². The first-order chi connectivity index (χ1) is 6.12. The second-order valence-corrected chi connectivity index (χ2v) is 4.75. The van der Waals surface area contributed by atoms with Gasteiger partial charge in [0.05, 0.1) is 6.61 Å². The lowest BCUT2D eigenvalue weighted by molar-refractivity contribution is 0.151. The van der Waals surface area contributed by atoms with Gasteiger partial charge >= 0.3 is 0 Å². The van der Waals surface area contributed by atoms with E-state index >= 15 is 0 Å². The van der Waals surface area contributed by atoms with E-state index < -0.39 is 0 Å². The van der Waals surface area contributed by atoms with Crippen molar-refractivity contribution in [2.45, 2.75) is 58.0 Å². The molecule has 0 aromatic carbocycles. The maximum absolute atomic E-state index is 9.42. The molecule has 0 radical (unpaired) electrons. The highest BCUT2D eigenvalue weighted by Crippen LogP contribution is 2.36. The summed E-state index contributed by atoms with van der Waals surface area (Å²) in [7, 11) is 0. The Balaban J connectivity index is 2.52. The van der Waals surface area contributed by atoms with E-state index in [0.717, 1.165) is 18.8 Å². The highest BCUT2D eigenvalue weighted by Gasteiger charge is 2.37. The Morgan fingerprint density at radius 3 is 2.62 bits per heavy atom. The van der Waals surface area contributed by atoms with E-state index in [1.807, 2.05) is 0 Å². The molecule has 2 atom stereocenters. The van der Waals surface area contributed by atoms with Crippen molar-refractivity contribution in [3.63, 3.8) is 0 Å². The lowest BCUT2D eigenvalue weighted by Crippen LogP contribution is -2.49. The van der Waals surface area contributed by atoms with Crippen LogP contribution < -0.4 is 5.32 Å². The molecule has 1 aliphatic carbocycles. The Bertz CT molecular complexity index is 158. The average molecular weight is 185 g/mol. The van der Waals surface area contributed by atoms with E-state index in [0.29, 0.717) is 12.6 Å². The van der Waals surface area contributed by atoms with Gasteiger partial charge in [-0.25, -0.2) is 0 Å². The third-order valence-electron chi connectivity index (χ3n) is 3.19. The molecule has 1 aliphatic rings. The van der Waals surface area contributed by atoms with E-state index in [2.05, 4.69) is 26.1 Å². The van der Waals surface area contributed by atoms with Crippen molar-refractivity contribution in [2.24, 2.45) is 5.92 Å². The molecule has 0 aromatic heterocycles. The van der Waals surface area contributed by atoms with Crippen LogP contribution in [0.4, 0.5) is 0 Å². The van der Waals surface area contributed by atoms with Gasteiger partial charge in [-0.05, 0) is 25.2 Å². The van der Waals surface area contributed by atoms with Crippen LogP contribution in [0.2, 0.25) is 0 Å². The molecule has 0 saturated heterocycles. The molecular weight excluding hydrogens is 162 g/mol. The molecule has 0 heterocycles. The zero-order valence-electron chi connectivity index (χ0n) is 9.14. The van der Waals surface area contributed by atoms with Crippen LogP contribution in [0.3, 0.4) is 0 Å². The smallest absolute Gasteiger partial charge is 0.0613 e. The van der Waals surface area contributed by atoms with Gasteiger partial charge in [0.1, 0.15) is 0 Å². The molecule has 2 unspecified atom stereocenters. The van der Waals surface area contributed by atoms with Crippen molar-refractivity contribution >= 4 is 0 Å². The van der Waals surface area contributed by atoms with Crippen LogP contribution in [0.15, 0.2) is 0 Å². The highest BCUT2D eigenvalue weighted by molar-refractivity contribution is 4.96. The Morgan fingerprint density at radius 1 is 1.54 bits per heavy atom. The fourth-order valence-electron chi connectivity index (χ4n) is 2.52. The predicted molar refractivity (Wildman–Crippen MR) is 55.7 cm³/mol. The lowest BCUT2D eigenvalue weighted by atomic mass is 9.95. The van der Waals surface area contributed by atoms with Gasteiger partial charge in [-0.3, -0.25) is 0 Å². The lowest BCUT2D eigenvalue weighted by Gasteiger charge is -2.31. The summed E-state index contributed by atoms with van der Waals surface area (Å²) in [5, 5.41) is 12.9. The van der Waals surface area contributed by atoms with Crippen LogP contribution in [-0.2, 0) is 0 Å².